The molecule has 1 aliphatic rings. The van der Waals surface area contributed by atoms with Crippen LogP contribution in [0.2, 0.25) is 0 Å². The highest BCUT2D eigenvalue weighted by atomic mass is 16.5. The maximum atomic E-state index is 12.1. The summed E-state index contributed by atoms with van der Waals surface area (Å²) >= 11 is 0. The standard InChI is InChI=1S/C14H20N6O2/c1-9-10(8-15-20(9)3)13-11(5-7-22-13)16-14(21)17-12-4-6-19(2)18-12/h4,6,8,11,13H,5,7H2,1-3H3,(H2,16,17,18,21)/t11-,13+/m0/s1. The number of carbonyl (C=O) groups excluding carboxylic acids is 1. The van der Waals surface area contributed by atoms with Crippen molar-refractivity contribution in [3.63, 3.8) is 0 Å². The summed E-state index contributed by atoms with van der Waals surface area (Å²) in [5.41, 5.74) is 2.06. The van der Waals surface area contributed by atoms with Crippen molar-refractivity contribution in [1.82, 2.24) is 24.9 Å². The van der Waals surface area contributed by atoms with Crippen LogP contribution >= 0.6 is 0 Å². The van der Waals surface area contributed by atoms with Crippen LogP contribution in [0, 0.1) is 6.92 Å². The number of nitrogens with one attached hydrogen (secondary N) is 2. The lowest BCUT2D eigenvalue weighted by Gasteiger charge is -2.19. The maximum absolute atomic E-state index is 12.1. The molecule has 0 spiro atoms. The Bertz CT molecular complexity index is 677. The SMILES string of the molecule is Cc1c([C@H]2OCC[C@@H]2NC(=O)Nc2ccn(C)n2)cnn1C. The summed E-state index contributed by atoms with van der Waals surface area (Å²) < 4.78 is 9.23. The zero-order valence-electron chi connectivity index (χ0n) is 12.9. The summed E-state index contributed by atoms with van der Waals surface area (Å²) in [6.45, 7) is 2.61. The van der Waals surface area contributed by atoms with Crippen molar-refractivity contribution in [1.29, 1.82) is 0 Å². The van der Waals surface area contributed by atoms with E-state index in [0.717, 1.165) is 17.7 Å². The number of anilines is 1. The minimum Gasteiger partial charge on any atom is -0.371 e. The molecule has 2 aromatic rings. The summed E-state index contributed by atoms with van der Waals surface area (Å²) in [6, 6.07) is 1.39. The van der Waals surface area contributed by atoms with Gasteiger partial charge >= 0.3 is 6.03 Å². The molecule has 0 aromatic carbocycles. The van der Waals surface area contributed by atoms with Gasteiger partial charge in [-0.1, -0.05) is 0 Å². The molecule has 2 N–H and O–H groups in total. The Balaban J connectivity index is 1.66. The van der Waals surface area contributed by atoms with Crippen molar-refractivity contribution in [2.45, 2.75) is 25.5 Å². The molecule has 0 radical (unpaired) electrons. The smallest absolute Gasteiger partial charge is 0.320 e. The lowest BCUT2D eigenvalue weighted by molar-refractivity contribution is 0.0998. The first-order valence-corrected chi connectivity index (χ1v) is 7.22. The summed E-state index contributed by atoms with van der Waals surface area (Å²) in [4.78, 5) is 12.1. The molecule has 3 heterocycles. The molecular formula is C14H20N6O2. The highest BCUT2D eigenvalue weighted by Gasteiger charge is 2.33. The van der Waals surface area contributed by atoms with Gasteiger partial charge in [-0.2, -0.15) is 10.2 Å². The Morgan fingerprint density at radius 1 is 1.45 bits per heavy atom. The average Bonchev–Trinajstić information content (AvgIpc) is 3.15. The Labute approximate surface area is 128 Å². The number of rotatable bonds is 3. The molecule has 118 valence electrons. The minimum atomic E-state index is -0.277. The zero-order valence-corrected chi connectivity index (χ0v) is 12.9. The van der Waals surface area contributed by atoms with Gasteiger partial charge in [0.05, 0.1) is 12.2 Å². The fraction of sp³-hybridized carbons (Fsp3) is 0.500. The maximum Gasteiger partial charge on any atom is 0.320 e. The number of urea groups is 1. The van der Waals surface area contributed by atoms with Gasteiger partial charge in [-0.25, -0.2) is 4.79 Å². The highest BCUT2D eigenvalue weighted by Crippen LogP contribution is 2.30. The first kappa shape index (κ1) is 14.6. The van der Waals surface area contributed by atoms with Gasteiger partial charge in [0.25, 0.3) is 0 Å². The van der Waals surface area contributed by atoms with E-state index in [4.69, 9.17) is 4.74 Å². The lowest BCUT2D eigenvalue weighted by Crippen LogP contribution is -2.39. The number of aryl methyl sites for hydroxylation is 2. The van der Waals surface area contributed by atoms with Crippen LogP contribution in [0.4, 0.5) is 10.6 Å². The Morgan fingerprint density at radius 2 is 2.27 bits per heavy atom. The number of amides is 2. The molecule has 1 fully saturated rings. The van der Waals surface area contributed by atoms with E-state index < -0.39 is 0 Å². The number of hydrogen-bond donors (Lipinski definition) is 2. The molecule has 0 aliphatic carbocycles. The van der Waals surface area contributed by atoms with Crippen LogP contribution in [0.1, 0.15) is 23.8 Å². The van der Waals surface area contributed by atoms with E-state index in [2.05, 4.69) is 20.8 Å². The van der Waals surface area contributed by atoms with Crippen LogP contribution in [0.3, 0.4) is 0 Å². The van der Waals surface area contributed by atoms with Gasteiger partial charge < -0.3 is 10.1 Å². The zero-order chi connectivity index (χ0) is 15.7. The molecule has 1 aliphatic heterocycles. The van der Waals surface area contributed by atoms with Gasteiger partial charge in [-0.15, -0.1) is 0 Å². The van der Waals surface area contributed by atoms with Crippen LogP contribution < -0.4 is 10.6 Å². The Kier molecular flexibility index (Phi) is 3.84. The minimum absolute atomic E-state index is 0.0772. The first-order valence-electron chi connectivity index (χ1n) is 7.22. The molecule has 8 heteroatoms. The van der Waals surface area contributed by atoms with E-state index in [-0.39, 0.29) is 18.2 Å². The summed E-state index contributed by atoms with van der Waals surface area (Å²) in [7, 11) is 3.69. The second-order valence-corrected chi connectivity index (χ2v) is 5.47. The third-order valence-corrected chi connectivity index (χ3v) is 3.94. The molecule has 2 aromatic heterocycles. The monoisotopic (exact) mass is 304 g/mol. The molecular weight excluding hydrogens is 284 g/mol. The predicted molar refractivity (Wildman–Crippen MR) is 80.4 cm³/mol. The molecule has 1 saturated heterocycles. The number of hydrogen-bond acceptors (Lipinski definition) is 4. The molecule has 22 heavy (non-hydrogen) atoms. The van der Waals surface area contributed by atoms with Gasteiger partial charge in [0, 0.05) is 44.2 Å². The van der Waals surface area contributed by atoms with Crippen molar-refractivity contribution < 1.29 is 9.53 Å². The van der Waals surface area contributed by atoms with Crippen molar-refractivity contribution >= 4 is 11.8 Å². The second kappa shape index (κ2) is 5.80. The molecule has 3 rings (SSSR count). The summed E-state index contributed by atoms with van der Waals surface area (Å²) in [6.07, 6.45) is 4.18. The van der Waals surface area contributed by atoms with E-state index in [1.807, 2.05) is 18.7 Å². The largest absolute Gasteiger partial charge is 0.371 e. The van der Waals surface area contributed by atoms with Crippen LogP contribution in [0.5, 0.6) is 0 Å². The quantitative estimate of drug-likeness (QED) is 0.889. The lowest BCUT2D eigenvalue weighted by atomic mass is 10.0. The van der Waals surface area contributed by atoms with Crippen LogP contribution in [-0.4, -0.2) is 38.2 Å². The molecule has 0 unspecified atom stereocenters. The van der Waals surface area contributed by atoms with Gasteiger partial charge in [0.1, 0.15) is 6.10 Å². The summed E-state index contributed by atoms with van der Waals surface area (Å²) in [5.74, 6) is 0.521. The Morgan fingerprint density at radius 3 is 2.91 bits per heavy atom. The average molecular weight is 304 g/mol. The number of ether oxygens (including phenoxy) is 1. The number of nitrogens with zero attached hydrogens (tertiary/aromatic N) is 4. The van der Waals surface area contributed by atoms with E-state index in [9.17, 15) is 4.79 Å². The van der Waals surface area contributed by atoms with Crippen molar-refractivity contribution in [3.8, 4) is 0 Å². The molecule has 0 bridgehead atoms. The fourth-order valence-corrected chi connectivity index (χ4v) is 2.64. The third kappa shape index (κ3) is 2.82. The van der Waals surface area contributed by atoms with Crippen LogP contribution in [-0.2, 0) is 18.8 Å². The predicted octanol–water partition coefficient (Wildman–Crippen LogP) is 1.11. The van der Waals surface area contributed by atoms with Crippen LogP contribution in [0.25, 0.3) is 0 Å². The van der Waals surface area contributed by atoms with Crippen LogP contribution in [0.15, 0.2) is 18.5 Å². The summed E-state index contributed by atoms with van der Waals surface area (Å²) in [5, 5.41) is 14.0. The molecule has 2 amide bonds. The number of aromatic nitrogens is 4. The normalized spacial score (nSPS) is 21.0. The number of carbonyl (C=O) groups is 1. The van der Waals surface area contributed by atoms with Gasteiger partial charge in [0.2, 0.25) is 0 Å². The fourth-order valence-electron chi connectivity index (χ4n) is 2.64. The van der Waals surface area contributed by atoms with E-state index in [1.165, 1.54) is 0 Å². The van der Waals surface area contributed by atoms with Gasteiger partial charge in [-0.3, -0.25) is 14.7 Å². The van der Waals surface area contributed by atoms with Crippen molar-refractivity contribution in [2.24, 2.45) is 14.1 Å². The van der Waals surface area contributed by atoms with Crippen molar-refractivity contribution in [3.05, 3.63) is 29.7 Å². The van der Waals surface area contributed by atoms with E-state index in [0.29, 0.717) is 12.4 Å². The molecule has 0 saturated carbocycles. The molecule has 8 nitrogen and oxygen atoms in total. The third-order valence-electron chi connectivity index (χ3n) is 3.94. The topological polar surface area (TPSA) is 86.0 Å². The second-order valence-electron chi connectivity index (χ2n) is 5.47. The highest BCUT2D eigenvalue weighted by molar-refractivity contribution is 5.88. The van der Waals surface area contributed by atoms with Gasteiger partial charge in [-0.05, 0) is 13.3 Å². The van der Waals surface area contributed by atoms with Gasteiger partial charge in [0.15, 0.2) is 5.82 Å². The van der Waals surface area contributed by atoms with E-state index >= 15 is 0 Å². The molecule has 2 atom stereocenters. The Hall–Kier alpha value is -2.35. The van der Waals surface area contributed by atoms with Crippen molar-refractivity contribution in [2.75, 3.05) is 11.9 Å². The first-order chi connectivity index (χ1) is 10.5. The van der Waals surface area contributed by atoms with E-state index in [1.54, 1.807) is 30.2 Å².